The van der Waals surface area contributed by atoms with Crippen molar-refractivity contribution in [1.82, 2.24) is 10.6 Å². The van der Waals surface area contributed by atoms with Crippen LogP contribution in [0, 0.1) is 0 Å². The van der Waals surface area contributed by atoms with E-state index >= 15 is 0 Å². The van der Waals surface area contributed by atoms with Crippen LogP contribution in [-0.4, -0.2) is 31.7 Å². The van der Waals surface area contributed by atoms with Crippen LogP contribution >= 0.6 is 0 Å². The van der Waals surface area contributed by atoms with Gasteiger partial charge in [0.05, 0.1) is 6.61 Å². The second kappa shape index (κ2) is 6.17. The number of hydrogen-bond acceptors (Lipinski definition) is 3. The lowest BCUT2D eigenvalue weighted by Crippen LogP contribution is -2.48. The summed E-state index contributed by atoms with van der Waals surface area (Å²) < 4.78 is 5.52. The van der Waals surface area contributed by atoms with Crippen LogP contribution in [0.4, 0.5) is 0 Å². The van der Waals surface area contributed by atoms with Crippen LogP contribution < -0.4 is 10.6 Å². The minimum absolute atomic E-state index is 0.0489. The molecule has 4 heteroatoms. The predicted molar refractivity (Wildman–Crippen MR) is 75.1 cm³/mol. The van der Waals surface area contributed by atoms with Crippen molar-refractivity contribution < 1.29 is 9.53 Å². The molecular weight excluding hydrogens is 240 g/mol. The van der Waals surface area contributed by atoms with Crippen molar-refractivity contribution in [2.45, 2.75) is 31.8 Å². The number of benzene rings is 1. The van der Waals surface area contributed by atoms with Gasteiger partial charge in [0.25, 0.3) is 5.91 Å². The van der Waals surface area contributed by atoms with Crippen LogP contribution in [0.3, 0.4) is 0 Å². The van der Waals surface area contributed by atoms with Gasteiger partial charge in [-0.25, -0.2) is 0 Å². The number of nitrogens with one attached hydrogen (secondary N) is 2. The molecule has 1 atom stereocenters. The molecule has 1 aromatic rings. The Hall–Kier alpha value is -1.39. The van der Waals surface area contributed by atoms with Crippen molar-refractivity contribution in [2.24, 2.45) is 0 Å². The Morgan fingerprint density at radius 3 is 2.68 bits per heavy atom. The number of carbonyl (C=O) groups is 1. The average molecular weight is 262 g/mol. The van der Waals surface area contributed by atoms with Gasteiger partial charge in [-0.2, -0.15) is 0 Å². The Morgan fingerprint density at radius 1 is 1.37 bits per heavy atom. The maximum Gasteiger partial charge on any atom is 0.251 e. The number of rotatable bonds is 4. The Bertz CT molecular complexity index is 422. The number of amides is 1. The zero-order valence-electron chi connectivity index (χ0n) is 11.7. The standard InChI is InChI=1S/C15H22N2O2/c1-15(8-3-9-19-11-15)17-10-12-4-6-13(7-5-12)14(18)16-2/h4-7,17H,3,8-11H2,1-2H3,(H,16,18). The molecule has 104 valence electrons. The molecule has 1 fully saturated rings. The van der Waals surface area contributed by atoms with Gasteiger partial charge in [-0.3, -0.25) is 4.79 Å². The zero-order valence-corrected chi connectivity index (χ0v) is 11.7. The summed E-state index contributed by atoms with van der Waals surface area (Å²) in [5, 5.41) is 6.17. The van der Waals surface area contributed by atoms with E-state index in [0.717, 1.165) is 32.6 Å². The van der Waals surface area contributed by atoms with E-state index in [0.29, 0.717) is 5.56 Å². The van der Waals surface area contributed by atoms with Crippen LogP contribution in [0.2, 0.25) is 0 Å². The summed E-state index contributed by atoms with van der Waals surface area (Å²) in [6.45, 7) is 4.64. The molecule has 1 saturated heterocycles. The van der Waals surface area contributed by atoms with Crippen molar-refractivity contribution in [3.63, 3.8) is 0 Å². The van der Waals surface area contributed by atoms with Gasteiger partial charge in [0.15, 0.2) is 0 Å². The van der Waals surface area contributed by atoms with Crippen LogP contribution in [-0.2, 0) is 11.3 Å². The summed E-state index contributed by atoms with van der Waals surface area (Å²) in [6, 6.07) is 7.69. The van der Waals surface area contributed by atoms with Gasteiger partial charge < -0.3 is 15.4 Å². The molecule has 19 heavy (non-hydrogen) atoms. The van der Waals surface area contributed by atoms with Gasteiger partial charge in [-0.15, -0.1) is 0 Å². The molecule has 0 aromatic heterocycles. The summed E-state index contributed by atoms with van der Waals surface area (Å²) in [4.78, 5) is 11.4. The highest BCUT2D eigenvalue weighted by Crippen LogP contribution is 2.19. The first-order chi connectivity index (χ1) is 9.13. The van der Waals surface area contributed by atoms with Crippen LogP contribution in [0.1, 0.15) is 35.7 Å². The highest BCUT2D eigenvalue weighted by atomic mass is 16.5. The van der Waals surface area contributed by atoms with E-state index in [9.17, 15) is 4.79 Å². The third-order valence-electron chi connectivity index (χ3n) is 3.60. The van der Waals surface area contributed by atoms with Gasteiger partial charge in [0.2, 0.25) is 0 Å². The van der Waals surface area contributed by atoms with Crippen LogP contribution in [0.15, 0.2) is 24.3 Å². The smallest absolute Gasteiger partial charge is 0.251 e. The molecule has 2 rings (SSSR count). The summed E-state index contributed by atoms with van der Waals surface area (Å²) in [5.74, 6) is -0.0489. The molecule has 0 spiro atoms. The fourth-order valence-corrected chi connectivity index (χ4v) is 2.31. The minimum atomic E-state index is -0.0489. The first-order valence-electron chi connectivity index (χ1n) is 6.77. The van der Waals surface area contributed by atoms with Crippen LogP contribution in [0.25, 0.3) is 0 Å². The van der Waals surface area contributed by atoms with Gasteiger partial charge in [-0.05, 0) is 37.5 Å². The van der Waals surface area contributed by atoms with Crippen molar-refractivity contribution in [2.75, 3.05) is 20.3 Å². The molecule has 0 saturated carbocycles. The lowest BCUT2D eigenvalue weighted by Gasteiger charge is -2.34. The molecule has 1 aliphatic rings. The Labute approximate surface area is 114 Å². The number of ether oxygens (including phenoxy) is 1. The number of carbonyl (C=O) groups excluding carboxylic acids is 1. The maximum atomic E-state index is 11.4. The summed E-state index contributed by atoms with van der Waals surface area (Å²) in [6.07, 6.45) is 2.25. The quantitative estimate of drug-likeness (QED) is 0.868. The second-order valence-corrected chi connectivity index (χ2v) is 5.35. The molecule has 1 amide bonds. The third-order valence-corrected chi connectivity index (χ3v) is 3.60. The van der Waals surface area contributed by atoms with Gasteiger partial charge in [0, 0.05) is 31.3 Å². The topological polar surface area (TPSA) is 50.4 Å². The Kier molecular flexibility index (Phi) is 4.56. The third kappa shape index (κ3) is 3.78. The van der Waals surface area contributed by atoms with Crippen molar-refractivity contribution in [3.8, 4) is 0 Å². The fourth-order valence-electron chi connectivity index (χ4n) is 2.31. The highest BCUT2D eigenvalue weighted by Gasteiger charge is 2.26. The first kappa shape index (κ1) is 14.0. The number of hydrogen-bond donors (Lipinski definition) is 2. The van der Waals surface area contributed by atoms with Crippen molar-refractivity contribution >= 4 is 5.91 Å². The van der Waals surface area contributed by atoms with E-state index in [1.807, 2.05) is 24.3 Å². The first-order valence-corrected chi connectivity index (χ1v) is 6.77. The average Bonchev–Trinajstić information content (AvgIpc) is 2.46. The van der Waals surface area contributed by atoms with Crippen LogP contribution in [0.5, 0.6) is 0 Å². The minimum Gasteiger partial charge on any atom is -0.380 e. The molecule has 2 N–H and O–H groups in total. The van der Waals surface area contributed by atoms with E-state index < -0.39 is 0 Å². The molecule has 1 aromatic carbocycles. The maximum absolute atomic E-state index is 11.4. The summed E-state index contributed by atoms with van der Waals surface area (Å²) in [5.41, 5.74) is 1.94. The predicted octanol–water partition coefficient (Wildman–Crippen LogP) is 1.70. The van der Waals surface area contributed by atoms with E-state index in [2.05, 4.69) is 17.6 Å². The van der Waals surface area contributed by atoms with E-state index in [-0.39, 0.29) is 11.4 Å². The highest BCUT2D eigenvalue weighted by molar-refractivity contribution is 5.93. The molecule has 0 bridgehead atoms. The molecule has 4 nitrogen and oxygen atoms in total. The largest absolute Gasteiger partial charge is 0.380 e. The van der Waals surface area contributed by atoms with Gasteiger partial charge >= 0.3 is 0 Å². The SMILES string of the molecule is CNC(=O)c1ccc(CNC2(C)CCCOC2)cc1. The molecule has 0 radical (unpaired) electrons. The second-order valence-electron chi connectivity index (χ2n) is 5.35. The van der Waals surface area contributed by atoms with Gasteiger partial charge in [0.1, 0.15) is 0 Å². The zero-order chi connectivity index (χ0) is 13.7. The summed E-state index contributed by atoms with van der Waals surface area (Å²) >= 11 is 0. The monoisotopic (exact) mass is 262 g/mol. The van der Waals surface area contributed by atoms with E-state index in [1.165, 1.54) is 5.56 Å². The molecular formula is C15H22N2O2. The van der Waals surface area contributed by atoms with Gasteiger partial charge in [-0.1, -0.05) is 12.1 Å². The summed E-state index contributed by atoms with van der Waals surface area (Å²) in [7, 11) is 1.64. The normalized spacial score (nSPS) is 23.1. The molecule has 0 aliphatic carbocycles. The van der Waals surface area contributed by atoms with E-state index in [1.54, 1.807) is 7.05 Å². The fraction of sp³-hybridized carbons (Fsp3) is 0.533. The van der Waals surface area contributed by atoms with E-state index in [4.69, 9.17) is 4.74 Å². The van der Waals surface area contributed by atoms with Crippen molar-refractivity contribution in [1.29, 1.82) is 0 Å². The lowest BCUT2D eigenvalue weighted by molar-refractivity contribution is 0.0278. The molecule has 1 aliphatic heterocycles. The Balaban J connectivity index is 1.91. The molecule has 1 heterocycles. The van der Waals surface area contributed by atoms with Crippen molar-refractivity contribution in [3.05, 3.63) is 35.4 Å². The Morgan fingerprint density at radius 2 is 2.11 bits per heavy atom. The molecule has 1 unspecified atom stereocenters. The lowest BCUT2D eigenvalue weighted by atomic mass is 9.94.